The summed E-state index contributed by atoms with van der Waals surface area (Å²) < 4.78 is 0. The monoisotopic (exact) mass is 208 g/mol. The van der Waals surface area contributed by atoms with Crippen molar-refractivity contribution in [1.82, 2.24) is 4.98 Å². The summed E-state index contributed by atoms with van der Waals surface area (Å²) >= 11 is 0. The summed E-state index contributed by atoms with van der Waals surface area (Å²) in [6.07, 6.45) is 3.32. The Bertz CT molecular complexity index is 325. The molecule has 0 aliphatic rings. The molecule has 82 valence electrons. The first-order valence-electron chi connectivity index (χ1n) is 4.89. The highest BCUT2D eigenvalue weighted by Crippen LogP contribution is 2.18. The number of anilines is 1. The van der Waals surface area contributed by atoms with Crippen molar-refractivity contribution in [3.8, 4) is 0 Å². The Morgan fingerprint density at radius 3 is 2.33 bits per heavy atom. The molecule has 1 aromatic heterocycles. The van der Waals surface area contributed by atoms with Crippen molar-refractivity contribution < 1.29 is 9.90 Å². The van der Waals surface area contributed by atoms with E-state index in [1.54, 1.807) is 36.5 Å². The highest BCUT2D eigenvalue weighted by molar-refractivity contribution is 5.78. The Labute approximate surface area is 89.6 Å². The minimum absolute atomic E-state index is 0.0562. The highest BCUT2D eigenvalue weighted by Gasteiger charge is 2.26. The lowest BCUT2D eigenvalue weighted by atomic mass is 10.0. The Balaban J connectivity index is 2.91. The molecule has 1 aromatic rings. The van der Waals surface area contributed by atoms with Crippen LogP contribution in [-0.4, -0.2) is 29.1 Å². The molecular weight excluding hydrogens is 192 g/mol. The minimum atomic E-state index is -0.802. The zero-order chi connectivity index (χ0) is 11.4. The number of aromatic nitrogens is 1. The van der Waals surface area contributed by atoms with E-state index >= 15 is 0 Å². The van der Waals surface area contributed by atoms with Crippen molar-refractivity contribution >= 4 is 11.7 Å². The van der Waals surface area contributed by atoms with E-state index in [0.717, 1.165) is 5.69 Å². The van der Waals surface area contributed by atoms with Crippen LogP contribution in [0.25, 0.3) is 0 Å². The summed E-state index contributed by atoms with van der Waals surface area (Å²) in [5, 5.41) is 9.12. The fraction of sp³-hybridized carbons (Fsp3) is 0.455. The number of hydrogen-bond donors (Lipinski definition) is 1. The third-order valence-corrected chi connectivity index (χ3v) is 2.37. The van der Waals surface area contributed by atoms with Crippen molar-refractivity contribution in [1.29, 1.82) is 0 Å². The van der Waals surface area contributed by atoms with Gasteiger partial charge in [0.1, 0.15) is 6.04 Å². The number of aliphatic carboxylic acids is 1. The molecule has 0 amide bonds. The fourth-order valence-electron chi connectivity index (χ4n) is 1.64. The number of carboxylic acids is 1. The van der Waals surface area contributed by atoms with Crippen LogP contribution in [-0.2, 0) is 4.79 Å². The van der Waals surface area contributed by atoms with Gasteiger partial charge in [0.15, 0.2) is 0 Å². The molecule has 0 saturated carbocycles. The molecule has 0 fully saturated rings. The molecule has 0 aliphatic heterocycles. The van der Waals surface area contributed by atoms with Crippen LogP contribution in [0, 0.1) is 5.92 Å². The lowest BCUT2D eigenvalue weighted by Crippen LogP contribution is -2.42. The molecule has 1 N–H and O–H groups in total. The van der Waals surface area contributed by atoms with E-state index in [4.69, 9.17) is 5.11 Å². The predicted molar refractivity (Wildman–Crippen MR) is 58.9 cm³/mol. The third-order valence-electron chi connectivity index (χ3n) is 2.37. The second-order valence-corrected chi connectivity index (χ2v) is 3.84. The van der Waals surface area contributed by atoms with Gasteiger partial charge in [0.05, 0.1) is 0 Å². The maximum atomic E-state index is 11.1. The van der Waals surface area contributed by atoms with Crippen LogP contribution in [0.15, 0.2) is 24.5 Å². The quantitative estimate of drug-likeness (QED) is 0.817. The second-order valence-electron chi connectivity index (χ2n) is 3.84. The Morgan fingerprint density at radius 2 is 1.93 bits per heavy atom. The Kier molecular flexibility index (Phi) is 3.66. The van der Waals surface area contributed by atoms with E-state index in [0.29, 0.717) is 0 Å². The lowest BCUT2D eigenvalue weighted by Gasteiger charge is -2.29. The number of likely N-dealkylation sites (N-methyl/N-ethyl adjacent to an activating group) is 1. The third kappa shape index (κ3) is 2.68. The second kappa shape index (κ2) is 4.77. The maximum absolute atomic E-state index is 11.1. The molecule has 0 saturated heterocycles. The minimum Gasteiger partial charge on any atom is -0.480 e. The lowest BCUT2D eigenvalue weighted by molar-refractivity contribution is -0.139. The van der Waals surface area contributed by atoms with E-state index in [1.165, 1.54) is 0 Å². The van der Waals surface area contributed by atoms with Crippen LogP contribution < -0.4 is 4.90 Å². The van der Waals surface area contributed by atoms with Gasteiger partial charge in [0, 0.05) is 25.1 Å². The largest absolute Gasteiger partial charge is 0.480 e. The molecule has 0 aromatic carbocycles. The fourth-order valence-corrected chi connectivity index (χ4v) is 1.64. The first-order chi connectivity index (χ1) is 7.04. The van der Waals surface area contributed by atoms with Gasteiger partial charge in [-0.15, -0.1) is 0 Å². The molecule has 4 heteroatoms. The van der Waals surface area contributed by atoms with E-state index in [9.17, 15) is 4.79 Å². The van der Waals surface area contributed by atoms with Gasteiger partial charge in [-0.2, -0.15) is 0 Å². The number of carboxylic acid groups (broad SMARTS) is 1. The van der Waals surface area contributed by atoms with Crippen molar-refractivity contribution in [3.05, 3.63) is 24.5 Å². The van der Waals surface area contributed by atoms with Crippen molar-refractivity contribution in [3.63, 3.8) is 0 Å². The standard InChI is InChI=1S/C11H16N2O2/c1-8(2)10(11(14)15)13(3)9-4-6-12-7-5-9/h4-8,10H,1-3H3,(H,14,15). The zero-order valence-electron chi connectivity index (χ0n) is 9.21. The van der Waals surface area contributed by atoms with Gasteiger partial charge in [-0.05, 0) is 18.1 Å². The zero-order valence-corrected chi connectivity index (χ0v) is 9.21. The van der Waals surface area contributed by atoms with Crippen LogP contribution in [0.2, 0.25) is 0 Å². The average molecular weight is 208 g/mol. The highest BCUT2D eigenvalue weighted by atomic mass is 16.4. The molecule has 1 atom stereocenters. The molecule has 0 aliphatic carbocycles. The van der Waals surface area contributed by atoms with Crippen molar-refractivity contribution in [2.24, 2.45) is 5.92 Å². The molecule has 0 radical (unpaired) electrons. The topological polar surface area (TPSA) is 53.4 Å². The maximum Gasteiger partial charge on any atom is 0.326 e. The molecule has 1 heterocycles. The van der Waals surface area contributed by atoms with E-state index in [1.807, 2.05) is 13.8 Å². The van der Waals surface area contributed by atoms with E-state index in [2.05, 4.69) is 4.98 Å². The van der Waals surface area contributed by atoms with Gasteiger partial charge in [-0.25, -0.2) is 4.79 Å². The van der Waals surface area contributed by atoms with Crippen LogP contribution in [0.3, 0.4) is 0 Å². The number of rotatable bonds is 4. The first-order valence-corrected chi connectivity index (χ1v) is 4.89. The summed E-state index contributed by atoms with van der Waals surface area (Å²) in [5.74, 6) is -0.745. The molecule has 1 rings (SSSR count). The molecule has 4 nitrogen and oxygen atoms in total. The normalized spacial score (nSPS) is 12.5. The Morgan fingerprint density at radius 1 is 1.40 bits per heavy atom. The van der Waals surface area contributed by atoms with E-state index < -0.39 is 12.0 Å². The first kappa shape index (κ1) is 11.5. The van der Waals surface area contributed by atoms with Gasteiger partial charge in [0.25, 0.3) is 0 Å². The van der Waals surface area contributed by atoms with Crippen molar-refractivity contribution in [2.45, 2.75) is 19.9 Å². The number of carbonyl (C=O) groups is 1. The van der Waals surface area contributed by atoms with E-state index in [-0.39, 0.29) is 5.92 Å². The molecule has 0 bridgehead atoms. The van der Waals surface area contributed by atoms with Crippen LogP contribution in [0.1, 0.15) is 13.8 Å². The molecule has 0 spiro atoms. The van der Waals surface area contributed by atoms with Crippen molar-refractivity contribution in [2.75, 3.05) is 11.9 Å². The Hall–Kier alpha value is -1.58. The number of nitrogens with zero attached hydrogens (tertiary/aromatic N) is 2. The van der Waals surface area contributed by atoms with Gasteiger partial charge >= 0.3 is 5.97 Å². The van der Waals surface area contributed by atoms with Crippen LogP contribution >= 0.6 is 0 Å². The molecule has 15 heavy (non-hydrogen) atoms. The predicted octanol–water partition coefficient (Wildman–Crippen LogP) is 1.63. The van der Waals surface area contributed by atoms with Gasteiger partial charge in [0.2, 0.25) is 0 Å². The summed E-state index contributed by atoms with van der Waals surface area (Å²) in [6, 6.07) is 3.10. The summed E-state index contributed by atoms with van der Waals surface area (Å²) in [4.78, 5) is 16.8. The van der Waals surface area contributed by atoms with Crippen LogP contribution in [0.5, 0.6) is 0 Å². The van der Waals surface area contributed by atoms with Gasteiger partial charge in [-0.3, -0.25) is 4.98 Å². The van der Waals surface area contributed by atoms with Gasteiger partial charge < -0.3 is 10.0 Å². The number of pyridine rings is 1. The van der Waals surface area contributed by atoms with Gasteiger partial charge in [-0.1, -0.05) is 13.8 Å². The molecular formula is C11H16N2O2. The smallest absolute Gasteiger partial charge is 0.326 e. The average Bonchev–Trinajstić information content (AvgIpc) is 2.18. The molecule has 1 unspecified atom stereocenters. The summed E-state index contributed by atoms with van der Waals surface area (Å²) in [5.41, 5.74) is 0.867. The SMILES string of the molecule is CC(C)C(C(=O)O)N(C)c1ccncc1. The number of hydrogen-bond acceptors (Lipinski definition) is 3. The van der Waals surface area contributed by atoms with Crippen LogP contribution in [0.4, 0.5) is 5.69 Å². The summed E-state index contributed by atoms with van der Waals surface area (Å²) in [6.45, 7) is 3.80. The summed E-state index contributed by atoms with van der Waals surface area (Å²) in [7, 11) is 1.79.